The molecule has 2 aromatic carbocycles. The van der Waals surface area contributed by atoms with Gasteiger partial charge in [-0.15, -0.1) is 0 Å². The molecule has 2 aromatic rings. The average Bonchev–Trinajstić information content (AvgIpc) is 2.71. The number of rotatable bonds is 10. The Morgan fingerprint density at radius 2 is 1.64 bits per heavy atom. The molecule has 7 nitrogen and oxygen atoms in total. The molecule has 0 unspecified atom stereocenters. The largest absolute Gasteiger partial charge is 0.497 e. The molecule has 1 atom stereocenters. The molecule has 0 aromatic heterocycles. The van der Waals surface area contributed by atoms with E-state index >= 15 is 0 Å². The zero-order valence-electron chi connectivity index (χ0n) is 16.2. The van der Waals surface area contributed by atoms with Crippen molar-refractivity contribution in [1.82, 2.24) is 5.32 Å². The zero-order valence-corrected chi connectivity index (χ0v) is 16.2. The van der Waals surface area contributed by atoms with Crippen molar-refractivity contribution in [3.8, 4) is 17.2 Å². The van der Waals surface area contributed by atoms with Gasteiger partial charge in [0.15, 0.2) is 11.5 Å². The molecule has 0 aliphatic rings. The Labute approximate surface area is 164 Å². The number of benzene rings is 2. The molecule has 0 fully saturated rings. The lowest BCUT2D eigenvalue weighted by molar-refractivity contribution is -0.137. The van der Waals surface area contributed by atoms with Gasteiger partial charge < -0.3 is 24.6 Å². The van der Waals surface area contributed by atoms with E-state index in [2.05, 4.69) is 5.32 Å². The van der Waals surface area contributed by atoms with Gasteiger partial charge in [-0.2, -0.15) is 0 Å². The van der Waals surface area contributed by atoms with Gasteiger partial charge in [-0.3, -0.25) is 9.59 Å². The third-order valence-corrected chi connectivity index (χ3v) is 4.32. The summed E-state index contributed by atoms with van der Waals surface area (Å²) >= 11 is 0. The topological polar surface area (TPSA) is 94.1 Å². The van der Waals surface area contributed by atoms with Crippen LogP contribution in [0.15, 0.2) is 42.5 Å². The van der Waals surface area contributed by atoms with Gasteiger partial charge in [-0.25, -0.2) is 0 Å². The first-order valence-electron chi connectivity index (χ1n) is 8.82. The van der Waals surface area contributed by atoms with Gasteiger partial charge in [-0.05, 0) is 41.8 Å². The third kappa shape index (κ3) is 5.90. The molecule has 0 radical (unpaired) electrons. The number of carbonyl (C=O) groups is 2. The van der Waals surface area contributed by atoms with Crippen molar-refractivity contribution in [3.05, 3.63) is 53.6 Å². The van der Waals surface area contributed by atoms with Gasteiger partial charge in [0.2, 0.25) is 5.91 Å². The van der Waals surface area contributed by atoms with Crippen LogP contribution in [0.4, 0.5) is 0 Å². The first-order valence-corrected chi connectivity index (χ1v) is 8.82. The van der Waals surface area contributed by atoms with E-state index in [1.165, 1.54) is 0 Å². The number of carboxylic acid groups (broad SMARTS) is 1. The molecule has 150 valence electrons. The monoisotopic (exact) mass is 387 g/mol. The van der Waals surface area contributed by atoms with Crippen LogP contribution in [0.25, 0.3) is 0 Å². The number of methoxy groups -OCH3 is 3. The normalized spacial score (nSPS) is 11.4. The van der Waals surface area contributed by atoms with Gasteiger partial charge in [0.05, 0.1) is 33.8 Å². The van der Waals surface area contributed by atoms with Crippen LogP contribution >= 0.6 is 0 Å². The predicted molar refractivity (Wildman–Crippen MR) is 104 cm³/mol. The van der Waals surface area contributed by atoms with Crippen LogP contribution < -0.4 is 19.5 Å². The molecule has 28 heavy (non-hydrogen) atoms. The molecule has 0 saturated carbocycles. The lowest BCUT2D eigenvalue weighted by Crippen LogP contribution is -2.30. The highest BCUT2D eigenvalue weighted by Gasteiger charge is 2.18. The first-order chi connectivity index (χ1) is 13.5. The molecule has 2 N–H and O–H groups in total. The van der Waals surface area contributed by atoms with E-state index in [-0.39, 0.29) is 18.7 Å². The Bertz CT molecular complexity index is 803. The number of amides is 1. The summed E-state index contributed by atoms with van der Waals surface area (Å²) in [5.41, 5.74) is 1.63. The minimum atomic E-state index is -0.985. The van der Waals surface area contributed by atoms with Crippen LogP contribution in [-0.4, -0.2) is 38.3 Å². The van der Waals surface area contributed by atoms with Crippen molar-refractivity contribution in [2.45, 2.75) is 25.3 Å². The van der Waals surface area contributed by atoms with E-state index in [1.807, 2.05) is 12.1 Å². The highest BCUT2D eigenvalue weighted by atomic mass is 16.5. The summed E-state index contributed by atoms with van der Waals surface area (Å²) < 4.78 is 15.6. The van der Waals surface area contributed by atoms with Gasteiger partial charge in [-0.1, -0.05) is 18.2 Å². The maximum atomic E-state index is 12.4. The van der Waals surface area contributed by atoms with E-state index in [9.17, 15) is 14.7 Å². The molecule has 0 aliphatic heterocycles. The summed E-state index contributed by atoms with van der Waals surface area (Å²) in [6.45, 7) is 0. The number of hydrogen-bond acceptors (Lipinski definition) is 5. The standard InChI is InChI=1S/C21H25NO6/c1-26-16-8-6-15(7-9-16)17(13-21(24)25)22-20(23)11-5-14-4-10-18(27-2)19(12-14)28-3/h4,6-10,12,17H,5,11,13H2,1-3H3,(H,22,23)(H,24,25)/t17-/m0/s1. The fourth-order valence-corrected chi connectivity index (χ4v) is 2.82. The number of carboxylic acids is 1. The van der Waals surface area contributed by atoms with Crippen LogP contribution in [0.1, 0.15) is 30.0 Å². The highest BCUT2D eigenvalue weighted by molar-refractivity contribution is 5.78. The summed E-state index contributed by atoms with van der Waals surface area (Å²) in [7, 11) is 4.67. The molecular weight excluding hydrogens is 362 g/mol. The molecule has 1 amide bonds. The third-order valence-electron chi connectivity index (χ3n) is 4.32. The van der Waals surface area contributed by atoms with Crippen molar-refractivity contribution in [2.24, 2.45) is 0 Å². The van der Waals surface area contributed by atoms with Crippen molar-refractivity contribution >= 4 is 11.9 Å². The maximum Gasteiger partial charge on any atom is 0.305 e. The molecule has 0 heterocycles. The smallest absolute Gasteiger partial charge is 0.305 e. The van der Waals surface area contributed by atoms with Gasteiger partial charge in [0, 0.05) is 6.42 Å². The van der Waals surface area contributed by atoms with E-state index in [1.54, 1.807) is 51.7 Å². The van der Waals surface area contributed by atoms with E-state index in [0.717, 1.165) is 5.56 Å². The van der Waals surface area contributed by atoms with E-state index in [4.69, 9.17) is 14.2 Å². The molecule has 2 rings (SSSR count). The fourth-order valence-electron chi connectivity index (χ4n) is 2.82. The van der Waals surface area contributed by atoms with Gasteiger partial charge in [0.25, 0.3) is 0 Å². The second-order valence-electron chi connectivity index (χ2n) is 6.18. The lowest BCUT2D eigenvalue weighted by atomic mass is 10.0. The lowest BCUT2D eigenvalue weighted by Gasteiger charge is -2.18. The number of carbonyl (C=O) groups excluding carboxylic acids is 1. The number of ether oxygens (including phenoxy) is 3. The van der Waals surface area contributed by atoms with Crippen molar-refractivity contribution in [3.63, 3.8) is 0 Å². The second kappa shape index (κ2) is 10.2. The molecule has 0 bridgehead atoms. The van der Waals surface area contributed by atoms with E-state index in [0.29, 0.717) is 29.2 Å². The van der Waals surface area contributed by atoms with Gasteiger partial charge in [0.1, 0.15) is 5.75 Å². The predicted octanol–water partition coefficient (Wildman–Crippen LogP) is 2.98. The van der Waals surface area contributed by atoms with Crippen LogP contribution in [0.5, 0.6) is 17.2 Å². The Hall–Kier alpha value is -3.22. The summed E-state index contributed by atoms with van der Waals surface area (Å²) in [6.07, 6.45) is 0.519. The molecular formula is C21H25NO6. The minimum Gasteiger partial charge on any atom is -0.497 e. The van der Waals surface area contributed by atoms with Crippen molar-refractivity contribution in [1.29, 1.82) is 0 Å². The summed E-state index contributed by atoms with van der Waals surface area (Å²) in [5.74, 6) is 0.676. The Morgan fingerprint density at radius 3 is 2.21 bits per heavy atom. The molecule has 0 saturated heterocycles. The van der Waals surface area contributed by atoms with Crippen LogP contribution in [0.2, 0.25) is 0 Å². The molecule has 0 spiro atoms. The Morgan fingerprint density at radius 1 is 0.964 bits per heavy atom. The number of aryl methyl sites for hydroxylation is 1. The van der Waals surface area contributed by atoms with Crippen molar-refractivity contribution in [2.75, 3.05) is 21.3 Å². The van der Waals surface area contributed by atoms with E-state index < -0.39 is 12.0 Å². The Kier molecular flexibility index (Phi) is 7.68. The van der Waals surface area contributed by atoms with Crippen LogP contribution in [0, 0.1) is 0 Å². The number of nitrogens with one attached hydrogen (secondary N) is 1. The zero-order chi connectivity index (χ0) is 20.5. The second-order valence-corrected chi connectivity index (χ2v) is 6.18. The number of hydrogen-bond donors (Lipinski definition) is 2. The first kappa shape index (κ1) is 21.1. The SMILES string of the molecule is COc1ccc([C@H](CC(=O)O)NC(=O)CCc2ccc(OC)c(OC)c2)cc1. The van der Waals surface area contributed by atoms with Crippen molar-refractivity contribution < 1.29 is 28.9 Å². The van der Waals surface area contributed by atoms with Gasteiger partial charge >= 0.3 is 5.97 Å². The fraction of sp³-hybridized carbons (Fsp3) is 0.333. The molecule has 7 heteroatoms. The maximum absolute atomic E-state index is 12.4. The summed E-state index contributed by atoms with van der Waals surface area (Å²) in [4.78, 5) is 23.6. The Balaban J connectivity index is 2.02. The highest BCUT2D eigenvalue weighted by Crippen LogP contribution is 2.28. The summed E-state index contributed by atoms with van der Waals surface area (Å²) in [6, 6.07) is 11.8. The quantitative estimate of drug-likeness (QED) is 0.651. The number of aliphatic carboxylic acids is 1. The molecule has 0 aliphatic carbocycles. The minimum absolute atomic E-state index is 0.200. The average molecular weight is 387 g/mol. The van der Waals surface area contributed by atoms with Crippen LogP contribution in [0.3, 0.4) is 0 Å². The summed E-state index contributed by atoms with van der Waals surface area (Å²) in [5, 5.41) is 12.0. The van der Waals surface area contributed by atoms with Crippen LogP contribution in [-0.2, 0) is 16.0 Å².